The molecule has 0 atom stereocenters. The molecule has 0 saturated carbocycles. The summed E-state index contributed by atoms with van der Waals surface area (Å²) >= 11 is 1.25. The van der Waals surface area contributed by atoms with Gasteiger partial charge in [0.2, 0.25) is 10.0 Å². The van der Waals surface area contributed by atoms with E-state index in [1.807, 2.05) is 42.5 Å². The zero-order valence-electron chi connectivity index (χ0n) is 11.9. The number of rotatable bonds is 5. The lowest BCUT2D eigenvalue weighted by atomic mass is 10.2. The largest absolute Gasteiger partial charge is 0.365 e. The number of hydrogen-bond acceptors (Lipinski definition) is 5. The summed E-state index contributed by atoms with van der Waals surface area (Å²) in [7, 11) is -1.96. The van der Waals surface area contributed by atoms with Gasteiger partial charge in [0.1, 0.15) is 10.0 Å². The summed E-state index contributed by atoms with van der Waals surface area (Å²) in [6.45, 7) is 0.537. The summed E-state index contributed by atoms with van der Waals surface area (Å²) < 4.78 is 26.0. The highest BCUT2D eigenvalue weighted by Gasteiger charge is 2.14. The van der Waals surface area contributed by atoms with Gasteiger partial charge in [0.25, 0.3) is 0 Å². The molecular formula is C15H15N3O2S2. The molecule has 0 aliphatic rings. The molecule has 0 spiro atoms. The van der Waals surface area contributed by atoms with Crippen LogP contribution in [0.15, 0.2) is 52.7 Å². The summed E-state index contributed by atoms with van der Waals surface area (Å²) in [5.41, 5.74) is 0.928. The van der Waals surface area contributed by atoms with Gasteiger partial charge in [-0.3, -0.25) is 0 Å². The van der Waals surface area contributed by atoms with Crippen molar-refractivity contribution in [3.05, 3.63) is 53.4 Å². The van der Waals surface area contributed by atoms with Crippen LogP contribution in [-0.2, 0) is 16.6 Å². The van der Waals surface area contributed by atoms with Crippen LogP contribution in [-0.4, -0.2) is 20.4 Å². The van der Waals surface area contributed by atoms with Crippen molar-refractivity contribution in [1.82, 2.24) is 9.71 Å². The first-order valence-corrected chi connectivity index (χ1v) is 9.00. The lowest BCUT2D eigenvalue weighted by Crippen LogP contribution is -2.17. The number of anilines is 1. The van der Waals surface area contributed by atoms with Gasteiger partial charge >= 0.3 is 0 Å². The van der Waals surface area contributed by atoms with Crippen molar-refractivity contribution in [3.8, 4) is 0 Å². The predicted octanol–water partition coefficient (Wildman–Crippen LogP) is 2.82. The molecule has 2 heterocycles. The molecule has 0 aliphatic heterocycles. The number of nitrogens with zero attached hydrogens (tertiary/aromatic N) is 1. The van der Waals surface area contributed by atoms with Gasteiger partial charge in [-0.2, -0.15) is 0 Å². The van der Waals surface area contributed by atoms with Crippen molar-refractivity contribution >= 4 is 38.1 Å². The first kappa shape index (κ1) is 15.0. The molecule has 22 heavy (non-hydrogen) atoms. The van der Waals surface area contributed by atoms with E-state index in [0.717, 1.165) is 21.6 Å². The number of benzene rings is 1. The van der Waals surface area contributed by atoms with Gasteiger partial charge in [0, 0.05) is 10.3 Å². The molecular weight excluding hydrogens is 318 g/mol. The van der Waals surface area contributed by atoms with E-state index in [4.69, 9.17) is 0 Å². The molecule has 0 bridgehead atoms. The number of aromatic nitrogens is 1. The van der Waals surface area contributed by atoms with E-state index in [1.54, 1.807) is 6.07 Å². The molecule has 114 valence electrons. The lowest BCUT2D eigenvalue weighted by molar-refractivity contribution is 0.590. The van der Waals surface area contributed by atoms with E-state index in [-0.39, 0.29) is 0 Å². The molecule has 5 nitrogen and oxygen atoms in total. The Hall–Kier alpha value is -1.96. The minimum absolute atomic E-state index is 0.318. The summed E-state index contributed by atoms with van der Waals surface area (Å²) in [5.74, 6) is 0.769. The van der Waals surface area contributed by atoms with E-state index in [2.05, 4.69) is 15.0 Å². The Bertz CT molecular complexity index is 904. The summed E-state index contributed by atoms with van der Waals surface area (Å²) in [5, 5.41) is 4.31. The third-order valence-electron chi connectivity index (χ3n) is 3.21. The average molecular weight is 333 g/mol. The van der Waals surface area contributed by atoms with E-state index in [0.29, 0.717) is 10.8 Å². The van der Waals surface area contributed by atoms with Gasteiger partial charge in [-0.1, -0.05) is 18.2 Å². The number of para-hydroxylation sites is 1. The maximum absolute atomic E-state index is 11.7. The monoisotopic (exact) mass is 333 g/mol. The summed E-state index contributed by atoms with van der Waals surface area (Å²) in [6, 6.07) is 15.3. The van der Waals surface area contributed by atoms with E-state index >= 15 is 0 Å². The first-order chi connectivity index (χ1) is 10.6. The number of nitrogens with one attached hydrogen (secondary N) is 2. The molecule has 0 aliphatic carbocycles. The van der Waals surface area contributed by atoms with Gasteiger partial charge in [-0.15, -0.1) is 11.3 Å². The van der Waals surface area contributed by atoms with Crippen molar-refractivity contribution in [2.24, 2.45) is 0 Å². The maximum atomic E-state index is 11.7. The highest BCUT2D eigenvalue weighted by Crippen LogP contribution is 2.22. The second-order valence-corrected chi connectivity index (χ2v) is 7.95. The Balaban J connectivity index is 1.74. The number of fused-ring (bicyclic) bond motifs is 1. The maximum Gasteiger partial charge on any atom is 0.249 e. The van der Waals surface area contributed by atoms with Crippen LogP contribution in [0, 0.1) is 0 Å². The molecule has 1 aromatic carbocycles. The minimum atomic E-state index is -3.36. The van der Waals surface area contributed by atoms with Crippen LogP contribution >= 0.6 is 11.3 Å². The molecule has 2 aromatic heterocycles. The second kappa shape index (κ2) is 6.04. The second-order valence-electron chi connectivity index (χ2n) is 4.67. The van der Waals surface area contributed by atoms with Gasteiger partial charge in [0.15, 0.2) is 0 Å². The Kier molecular flexibility index (Phi) is 4.10. The fourth-order valence-corrected chi connectivity index (χ4v) is 4.17. The summed E-state index contributed by atoms with van der Waals surface area (Å²) in [4.78, 5) is 5.46. The van der Waals surface area contributed by atoms with Gasteiger partial charge in [-0.25, -0.2) is 18.1 Å². The number of sulfonamides is 1. The predicted molar refractivity (Wildman–Crippen MR) is 89.6 cm³/mol. The Labute approximate surface area is 133 Å². The van der Waals surface area contributed by atoms with Crippen LogP contribution in [0.4, 0.5) is 5.82 Å². The van der Waals surface area contributed by atoms with Crippen molar-refractivity contribution in [2.45, 2.75) is 10.8 Å². The highest BCUT2D eigenvalue weighted by atomic mass is 32.2. The molecule has 0 unspecified atom stereocenters. The van der Waals surface area contributed by atoms with Gasteiger partial charge < -0.3 is 5.32 Å². The molecule has 0 amide bonds. The third-order valence-corrected chi connectivity index (χ3v) is 6.20. The number of hydrogen-bond donors (Lipinski definition) is 2. The Morgan fingerprint density at radius 3 is 2.73 bits per heavy atom. The smallest absolute Gasteiger partial charge is 0.249 e. The van der Waals surface area contributed by atoms with Crippen molar-refractivity contribution in [3.63, 3.8) is 0 Å². The average Bonchev–Trinajstić information content (AvgIpc) is 3.02. The molecule has 3 aromatic rings. The van der Waals surface area contributed by atoms with Crippen molar-refractivity contribution in [2.75, 3.05) is 12.4 Å². The molecule has 0 radical (unpaired) electrons. The SMILES string of the molecule is CNS(=O)(=O)c1ccc(CNc2ccc3ccccc3n2)s1. The molecule has 0 fully saturated rings. The van der Waals surface area contributed by atoms with Crippen molar-refractivity contribution < 1.29 is 8.42 Å². The topological polar surface area (TPSA) is 71.1 Å². The highest BCUT2D eigenvalue weighted by molar-refractivity contribution is 7.91. The van der Waals surface area contributed by atoms with Crippen LogP contribution in [0.1, 0.15) is 4.88 Å². The number of pyridine rings is 1. The van der Waals surface area contributed by atoms with E-state index < -0.39 is 10.0 Å². The normalized spacial score (nSPS) is 11.7. The zero-order valence-corrected chi connectivity index (χ0v) is 13.5. The first-order valence-electron chi connectivity index (χ1n) is 6.70. The van der Waals surface area contributed by atoms with E-state index in [9.17, 15) is 8.42 Å². The number of thiophene rings is 1. The minimum Gasteiger partial charge on any atom is -0.365 e. The van der Waals surface area contributed by atoms with Crippen LogP contribution in [0.25, 0.3) is 10.9 Å². The van der Waals surface area contributed by atoms with Crippen LogP contribution in [0.5, 0.6) is 0 Å². The summed E-state index contributed by atoms with van der Waals surface area (Å²) in [6.07, 6.45) is 0. The van der Waals surface area contributed by atoms with Crippen LogP contribution in [0.2, 0.25) is 0 Å². The quantitative estimate of drug-likeness (QED) is 0.753. The van der Waals surface area contributed by atoms with Crippen LogP contribution in [0.3, 0.4) is 0 Å². The fraction of sp³-hybridized carbons (Fsp3) is 0.133. The lowest BCUT2D eigenvalue weighted by Gasteiger charge is -2.05. The molecule has 3 rings (SSSR count). The molecule has 2 N–H and O–H groups in total. The zero-order chi connectivity index (χ0) is 15.6. The van der Waals surface area contributed by atoms with Crippen LogP contribution < -0.4 is 10.0 Å². The van der Waals surface area contributed by atoms with Crippen molar-refractivity contribution in [1.29, 1.82) is 0 Å². The van der Waals surface area contributed by atoms with E-state index in [1.165, 1.54) is 18.4 Å². The fourth-order valence-electron chi connectivity index (χ4n) is 2.04. The Morgan fingerprint density at radius 1 is 1.09 bits per heavy atom. The Morgan fingerprint density at radius 2 is 1.91 bits per heavy atom. The van der Waals surface area contributed by atoms with Gasteiger partial charge in [-0.05, 0) is 37.4 Å². The third kappa shape index (κ3) is 3.11. The molecule has 0 saturated heterocycles. The standard InChI is InChI=1S/C15H15N3O2S2/c1-16-22(19,20)15-9-7-12(21-15)10-17-14-8-6-11-4-2-3-5-13(11)18-14/h2-9,16H,10H2,1H3,(H,17,18). The molecule has 7 heteroatoms. The van der Waals surface area contributed by atoms with Gasteiger partial charge in [0.05, 0.1) is 12.1 Å².